The second kappa shape index (κ2) is 5.03. The molecule has 0 aliphatic heterocycles. The normalized spacial score (nSPS) is 15.8. The van der Waals surface area contributed by atoms with Gasteiger partial charge in [0.25, 0.3) is 10.0 Å². The van der Waals surface area contributed by atoms with Crippen molar-refractivity contribution in [2.75, 3.05) is 12.3 Å². The average Bonchev–Trinajstić information content (AvgIpc) is 2.57. The minimum absolute atomic E-state index is 0.0381. The molecule has 0 spiro atoms. The van der Waals surface area contributed by atoms with Crippen molar-refractivity contribution < 1.29 is 13.5 Å². The van der Waals surface area contributed by atoms with Gasteiger partial charge in [0.15, 0.2) is 10.8 Å². The van der Waals surface area contributed by atoms with Crippen molar-refractivity contribution in [3.63, 3.8) is 0 Å². The maximum Gasteiger partial charge on any atom is 0.260 e. The van der Waals surface area contributed by atoms with Crippen LogP contribution in [0, 0.1) is 5.92 Å². The van der Waals surface area contributed by atoms with Crippen LogP contribution in [0.2, 0.25) is 0 Å². The quantitative estimate of drug-likeness (QED) is 0.649. The Labute approximate surface area is 101 Å². The number of hydrogen-bond donors (Lipinski definition) is 3. The third-order valence-corrected chi connectivity index (χ3v) is 4.33. The predicted molar refractivity (Wildman–Crippen MR) is 63.7 cm³/mol. The number of aliphatic hydroxyl groups is 1. The fourth-order valence-electron chi connectivity index (χ4n) is 1.34. The number of hydrogen-bond acceptors (Lipinski definition) is 5. The molecule has 7 nitrogen and oxygen atoms in total. The van der Waals surface area contributed by atoms with Crippen LogP contribution in [0.15, 0.2) is 11.4 Å². The van der Waals surface area contributed by atoms with Crippen molar-refractivity contribution >= 4 is 15.8 Å². The molecule has 17 heavy (non-hydrogen) atoms. The van der Waals surface area contributed by atoms with Gasteiger partial charge in [0.2, 0.25) is 0 Å². The van der Waals surface area contributed by atoms with E-state index in [4.69, 9.17) is 10.8 Å². The van der Waals surface area contributed by atoms with E-state index < -0.39 is 10.0 Å². The first-order valence-corrected chi connectivity index (χ1v) is 6.68. The molecule has 1 heterocycles. The zero-order chi connectivity index (χ0) is 13.2. The molecule has 0 aliphatic rings. The van der Waals surface area contributed by atoms with Gasteiger partial charge in [-0.2, -0.15) is 0 Å². The fourth-order valence-corrected chi connectivity index (χ4v) is 2.93. The molecular weight excluding hydrogens is 244 g/mol. The van der Waals surface area contributed by atoms with E-state index >= 15 is 0 Å². The first-order chi connectivity index (χ1) is 7.79. The summed E-state index contributed by atoms with van der Waals surface area (Å²) in [5, 5.41) is 8.90. The molecule has 0 amide bonds. The first-order valence-electron chi connectivity index (χ1n) is 5.19. The first kappa shape index (κ1) is 13.9. The van der Waals surface area contributed by atoms with Crippen LogP contribution in [0.1, 0.15) is 13.8 Å². The van der Waals surface area contributed by atoms with E-state index in [0.29, 0.717) is 0 Å². The summed E-state index contributed by atoms with van der Waals surface area (Å²) in [4.78, 5) is 3.73. The van der Waals surface area contributed by atoms with Crippen molar-refractivity contribution in [3.05, 3.63) is 6.33 Å². The fraction of sp³-hybridized carbons (Fsp3) is 0.667. The summed E-state index contributed by atoms with van der Waals surface area (Å²) in [5.74, 6) is -0.219. The number of nitrogens with one attached hydrogen (secondary N) is 1. The molecule has 2 unspecified atom stereocenters. The van der Waals surface area contributed by atoms with Crippen LogP contribution in [0.5, 0.6) is 0 Å². The van der Waals surface area contributed by atoms with Crippen molar-refractivity contribution in [3.8, 4) is 0 Å². The van der Waals surface area contributed by atoms with Gasteiger partial charge in [-0.1, -0.05) is 6.92 Å². The Morgan fingerprint density at radius 3 is 2.59 bits per heavy atom. The van der Waals surface area contributed by atoms with Gasteiger partial charge in [-0.15, -0.1) is 0 Å². The molecule has 0 bridgehead atoms. The summed E-state index contributed by atoms with van der Waals surface area (Å²) >= 11 is 0. The lowest BCUT2D eigenvalue weighted by atomic mass is 10.1. The molecule has 0 saturated heterocycles. The number of nitrogen functional groups attached to an aromatic ring is 1. The molecule has 1 aromatic heterocycles. The van der Waals surface area contributed by atoms with Crippen LogP contribution < -0.4 is 10.5 Å². The maximum absolute atomic E-state index is 12.0. The van der Waals surface area contributed by atoms with Crippen LogP contribution in [-0.2, 0) is 17.1 Å². The molecule has 4 N–H and O–H groups in total. The van der Waals surface area contributed by atoms with E-state index in [2.05, 4.69) is 9.71 Å². The van der Waals surface area contributed by atoms with Gasteiger partial charge in [-0.05, 0) is 12.8 Å². The SMILES string of the molecule is CC(CO)C(C)NS(=O)(=O)c1c(N)ncn1C. The minimum Gasteiger partial charge on any atom is -0.396 e. The van der Waals surface area contributed by atoms with E-state index in [1.54, 1.807) is 20.9 Å². The molecule has 0 radical (unpaired) electrons. The highest BCUT2D eigenvalue weighted by atomic mass is 32.2. The lowest BCUT2D eigenvalue weighted by molar-refractivity contribution is 0.216. The Kier molecular flexibility index (Phi) is 4.12. The Hall–Kier alpha value is -1.12. The van der Waals surface area contributed by atoms with Crippen LogP contribution in [0.25, 0.3) is 0 Å². The number of sulfonamides is 1. The minimum atomic E-state index is -3.72. The number of nitrogens with zero attached hydrogens (tertiary/aromatic N) is 2. The summed E-state index contributed by atoms with van der Waals surface area (Å²) in [6, 6.07) is -0.390. The molecule has 8 heteroatoms. The van der Waals surface area contributed by atoms with Gasteiger partial charge < -0.3 is 15.4 Å². The van der Waals surface area contributed by atoms with Gasteiger partial charge in [0.05, 0.1) is 6.33 Å². The van der Waals surface area contributed by atoms with Crippen molar-refractivity contribution in [2.24, 2.45) is 13.0 Å². The molecule has 98 valence electrons. The molecule has 1 rings (SSSR count). The molecule has 0 fully saturated rings. The number of aryl methyl sites for hydroxylation is 1. The number of nitrogens with two attached hydrogens (primary N) is 1. The molecule has 0 aromatic carbocycles. The van der Waals surface area contributed by atoms with Crippen molar-refractivity contribution in [1.29, 1.82) is 0 Å². The number of rotatable bonds is 5. The van der Waals surface area contributed by atoms with E-state index in [0.717, 1.165) is 0 Å². The molecule has 1 aromatic rings. The smallest absolute Gasteiger partial charge is 0.260 e. The average molecular weight is 262 g/mol. The summed E-state index contributed by atoms with van der Waals surface area (Å²) in [6.07, 6.45) is 1.34. The topological polar surface area (TPSA) is 110 Å². The monoisotopic (exact) mass is 262 g/mol. The molecular formula is C9H18N4O3S. The molecule has 0 saturated carbocycles. The number of imidazole rings is 1. The van der Waals surface area contributed by atoms with Gasteiger partial charge in [0.1, 0.15) is 0 Å². The summed E-state index contributed by atoms with van der Waals surface area (Å²) in [6.45, 7) is 3.34. The van der Waals surface area contributed by atoms with Crippen LogP contribution in [0.4, 0.5) is 5.82 Å². The third kappa shape index (κ3) is 2.96. The lowest BCUT2D eigenvalue weighted by Gasteiger charge is -2.19. The van der Waals surface area contributed by atoms with Gasteiger partial charge in [-0.3, -0.25) is 0 Å². The summed E-state index contributed by atoms with van der Waals surface area (Å²) in [7, 11) is -2.16. The Morgan fingerprint density at radius 2 is 2.18 bits per heavy atom. The molecule has 2 atom stereocenters. The highest BCUT2D eigenvalue weighted by Crippen LogP contribution is 2.16. The number of aromatic nitrogens is 2. The summed E-state index contributed by atoms with van der Waals surface area (Å²) in [5.41, 5.74) is 5.51. The van der Waals surface area contributed by atoms with Gasteiger partial charge in [-0.25, -0.2) is 18.1 Å². The standard InChI is InChI=1S/C9H18N4O3S/c1-6(4-14)7(2)12-17(15,16)9-8(10)11-5-13(9)3/h5-7,12,14H,4,10H2,1-3H3. The van der Waals surface area contributed by atoms with Gasteiger partial charge in [0, 0.05) is 19.7 Å². The Bertz CT molecular complexity index is 463. The van der Waals surface area contributed by atoms with Crippen LogP contribution >= 0.6 is 0 Å². The second-order valence-electron chi connectivity index (χ2n) is 4.12. The van der Waals surface area contributed by atoms with Crippen LogP contribution in [-0.4, -0.2) is 35.7 Å². The van der Waals surface area contributed by atoms with E-state index in [1.165, 1.54) is 10.9 Å². The van der Waals surface area contributed by atoms with Crippen molar-refractivity contribution in [1.82, 2.24) is 14.3 Å². The maximum atomic E-state index is 12.0. The zero-order valence-electron chi connectivity index (χ0n) is 10.1. The van der Waals surface area contributed by atoms with Crippen LogP contribution in [0.3, 0.4) is 0 Å². The second-order valence-corrected chi connectivity index (χ2v) is 5.74. The zero-order valence-corrected chi connectivity index (χ0v) is 10.9. The number of anilines is 1. The summed E-state index contributed by atoms with van der Waals surface area (Å²) < 4.78 is 27.9. The predicted octanol–water partition coefficient (Wildman–Crippen LogP) is -0.702. The third-order valence-electron chi connectivity index (χ3n) is 2.65. The Morgan fingerprint density at radius 1 is 1.59 bits per heavy atom. The Balaban J connectivity index is 2.98. The van der Waals surface area contributed by atoms with E-state index in [1.807, 2.05) is 0 Å². The number of aliphatic hydroxyl groups excluding tert-OH is 1. The van der Waals surface area contributed by atoms with Gasteiger partial charge >= 0.3 is 0 Å². The highest BCUT2D eigenvalue weighted by Gasteiger charge is 2.25. The highest BCUT2D eigenvalue weighted by molar-refractivity contribution is 7.89. The van der Waals surface area contributed by atoms with Crippen molar-refractivity contribution in [2.45, 2.75) is 24.9 Å². The van der Waals surface area contributed by atoms with E-state index in [9.17, 15) is 8.42 Å². The largest absolute Gasteiger partial charge is 0.396 e. The van der Waals surface area contributed by atoms with E-state index in [-0.39, 0.29) is 29.4 Å². The molecule has 0 aliphatic carbocycles. The lowest BCUT2D eigenvalue weighted by Crippen LogP contribution is -2.39.